The third kappa shape index (κ3) is 1.67. The van der Waals surface area contributed by atoms with E-state index in [0.29, 0.717) is 0 Å². The molecule has 0 bridgehead atoms. The molecule has 0 unspecified atom stereocenters. The molecule has 1 heteroatoms. The van der Waals surface area contributed by atoms with Gasteiger partial charge in [0.2, 0.25) is 0 Å². The SMILES string of the molecule is CCC1=CCC[N+](C)=C1. The molecular formula is C8H14N+. The third-order valence-electron chi connectivity index (χ3n) is 1.68. The third-order valence-corrected chi connectivity index (χ3v) is 1.68. The van der Waals surface area contributed by atoms with Crippen molar-refractivity contribution in [1.29, 1.82) is 0 Å². The van der Waals surface area contributed by atoms with Gasteiger partial charge in [-0.1, -0.05) is 13.0 Å². The van der Waals surface area contributed by atoms with Gasteiger partial charge in [0.1, 0.15) is 13.6 Å². The fraction of sp³-hybridized carbons (Fsp3) is 0.625. The topological polar surface area (TPSA) is 3.01 Å². The molecule has 0 aliphatic carbocycles. The molecule has 9 heavy (non-hydrogen) atoms. The van der Waals surface area contributed by atoms with E-state index in [9.17, 15) is 0 Å². The highest BCUT2D eigenvalue weighted by Crippen LogP contribution is 2.02. The molecule has 0 saturated heterocycles. The second kappa shape index (κ2) is 2.81. The Morgan fingerprint density at radius 1 is 1.67 bits per heavy atom. The molecule has 0 spiro atoms. The van der Waals surface area contributed by atoms with Crippen LogP contribution in [-0.4, -0.2) is 24.4 Å². The van der Waals surface area contributed by atoms with E-state index < -0.39 is 0 Å². The summed E-state index contributed by atoms with van der Waals surface area (Å²) in [6.45, 7) is 3.38. The summed E-state index contributed by atoms with van der Waals surface area (Å²) < 4.78 is 2.25. The Balaban J connectivity index is 2.63. The van der Waals surface area contributed by atoms with Crippen LogP contribution in [0.25, 0.3) is 0 Å². The van der Waals surface area contributed by atoms with Crippen molar-refractivity contribution >= 4 is 6.21 Å². The molecule has 1 rings (SSSR count). The van der Waals surface area contributed by atoms with E-state index in [1.165, 1.54) is 25.0 Å². The molecule has 1 aliphatic rings. The summed E-state index contributed by atoms with van der Waals surface area (Å²) in [7, 11) is 2.13. The van der Waals surface area contributed by atoms with Crippen molar-refractivity contribution in [3.8, 4) is 0 Å². The van der Waals surface area contributed by atoms with Gasteiger partial charge in [-0.05, 0) is 6.42 Å². The number of rotatable bonds is 1. The Morgan fingerprint density at radius 2 is 2.44 bits per heavy atom. The molecule has 1 heterocycles. The molecular weight excluding hydrogens is 110 g/mol. The zero-order valence-corrected chi connectivity index (χ0v) is 6.22. The van der Waals surface area contributed by atoms with Crippen LogP contribution in [0.2, 0.25) is 0 Å². The number of nitrogens with zero attached hydrogens (tertiary/aromatic N) is 1. The largest absolute Gasteiger partial charge is 0.238 e. The van der Waals surface area contributed by atoms with Crippen LogP contribution in [0.3, 0.4) is 0 Å². The van der Waals surface area contributed by atoms with Gasteiger partial charge in [0.25, 0.3) is 0 Å². The van der Waals surface area contributed by atoms with Crippen molar-refractivity contribution in [2.24, 2.45) is 0 Å². The molecule has 50 valence electrons. The highest BCUT2D eigenvalue weighted by atomic mass is 14.9. The monoisotopic (exact) mass is 124 g/mol. The molecule has 1 nitrogen and oxygen atoms in total. The number of hydrogen-bond acceptors (Lipinski definition) is 0. The van der Waals surface area contributed by atoms with E-state index in [-0.39, 0.29) is 0 Å². The summed E-state index contributed by atoms with van der Waals surface area (Å²) in [5.74, 6) is 0. The lowest BCUT2D eigenvalue weighted by Crippen LogP contribution is -2.13. The van der Waals surface area contributed by atoms with Crippen molar-refractivity contribution in [2.45, 2.75) is 19.8 Å². The smallest absolute Gasteiger partial charge is 0.166 e. The molecule has 0 aromatic rings. The van der Waals surface area contributed by atoms with Gasteiger partial charge in [0.15, 0.2) is 6.21 Å². The van der Waals surface area contributed by atoms with Crippen LogP contribution in [0, 0.1) is 0 Å². The summed E-state index contributed by atoms with van der Waals surface area (Å²) >= 11 is 0. The Labute approximate surface area is 56.7 Å². The van der Waals surface area contributed by atoms with Crippen molar-refractivity contribution in [1.82, 2.24) is 0 Å². The second-order valence-electron chi connectivity index (χ2n) is 2.53. The Bertz CT molecular complexity index is 154. The van der Waals surface area contributed by atoms with Gasteiger partial charge in [-0.15, -0.1) is 0 Å². The van der Waals surface area contributed by atoms with E-state index in [1.807, 2.05) is 0 Å². The predicted octanol–water partition coefficient (Wildman–Crippen LogP) is 1.44. The van der Waals surface area contributed by atoms with Crippen LogP contribution in [0.15, 0.2) is 11.6 Å². The van der Waals surface area contributed by atoms with E-state index >= 15 is 0 Å². The summed E-state index contributed by atoms with van der Waals surface area (Å²) in [6.07, 6.45) is 6.93. The van der Waals surface area contributed by atoms with Crippen LogP contribution in [0.4, 0.5) is 0 Å². The van der Waals surface area contributed by atoms with Crippen LogP contribution in [0.1, 0.15) is 19.8 Å². The summed E-state index contributed by atoms with van der Waals surface area (Å²) in [5.41, 5.74) is 1.48. The first-order chi connectivity index (χ1) is 4.33. The quantitative estimate of drug-likeness (QED) is 0.465. The molecule has 0 radical (unpaired) electrons. The van der Waals surface area contributed by atoms with Gasteiger partial charge in [0.05, 0.1) is 0 Å². The fourth-order valence-electron chi connectivity index (χ4n) is 1.09. The van der Waals surface area contributed by atoms with E-state index in [1.54, 1.807) is 0 Å². The van der Waals surface area contributed by atoms with Gasteiger partial charge in [-0.3, -0.25) is 0 Å². The van der Waals surface area contributed by atoms with Crippen LogP contribution in [0.5, 0.6) is 0 Å². The minimum atomic E-state index is 1.17. The van der Waals surface area contributed by atoms with E-state index in [0.717, 1.165) is 0 Å². The average Bonchev–Trinajstić information content (AvgIpc) is 1.88. The summed E-state index contributed by atoms with van der Waals surface area (Å²) in [6, 6.07) is 0. The Kier molecular flexibility index (Phi) is 2.04. The summed E-state index contributed by atoms with van der Waals surface area (Å²) in [5, 5.41) is 0. The minimum absolute atomic E-state index is 1.17. The lowest BCUT2D eigenvalue weighted by atomic mass is 10.1. The number of hydrogen-bond donors (Lipinski definition) is 0. The highest BCUT2D eigenvalue weighted by molar-refractivity contribution is 5.74. The molecule has 0 N–H and O–H groups in total. The fourth-order valence-corrected chi connectivity index (χ4v) is 1.09. The Hall–Kier alpha value is -0.590. The number of allylic oxidation sites excluding steroid dienone is 1. The van der Waals surface area contributed by atoms with Crippen molar-refractivity contribution in [3.05, 3.63) is 11.6 Å². The van der Waals surface area contributed by atoms with Crippen molar-refractivity contribution in [2.75, 3.05) is 13.6 Å². The second-order valence-corrected chi connectivity index (χ2v) is 2.53. The maximum atomic E-state index is 2.32. The molecule has 0 atom stereocenters. The van der Waals surface area contributed by atoms with E-state index in [2.05, 4.69) is 30.8 Å². The molecule has 1 aliphatic heterocycles. The maximum absolute atomic E-state index is 2.32. The van der Waals surface area contributed by atoms with Crippen LogP contribution in [-0.2, 0) is 0 Å². The Morgan fingerprint density at radius 3 is 2.89 bits per heavy atom. The van der Waals surface area contributed by atoms with Crippen LogP contribution < -0.4 is 0 Å². The first-order valence-electron chi connectivity index (χ1n) is 3.57. The molecule has 0 saturated carbocycles. The zero-order chi connectivity index (χ0) is 6.69. The molecule has 0 aromatic heterocycles. The normalized spacial score (nSPS) is 18.9. The minimum Gasteiger partial charge on any atom is -0.238 e. The first-order valence-corrected chi connectivity index (χ1v) is 3.57. The molecule has 0 fully saturated rings. The van der Waals surface area contributed by atoms with Gasteiger partial charge < -0.3 is 0 Å². The molecule has 0 amide bonds. The van der Waals surface area contributed by atoms with Gasteiger partial charge in [0, 0.05) is 12.0 Å². The van der Waals surface area contributed by atoms with Crippen molar-refractivity contribution < 1.29 is 4.58 Å². The summed E-state index contributed by atoms with van der Waals surface area (Å²) in [4.78, 5) is 0. The van der Waals surface area contributed by atoms with Gasteiger partial charge >= 0.3 is 0 Å². The molecule has 0 aromatic carbocycles. The standard InChI is InChI=1S/C8H14N/c1-3-8-5-4-6-9(2)7-8/h5,7H,3-4,6H2,1-2H3/q+1. The predicted molar refractivity (Wildman–Crippen MR) is 40.1 cm³/mol. The van der Waals surface area contributed by atoms with Crippen molar-refractivity contribution in [3.63, 3.8) is 0 Å². The lowest BCUT2D eigenvalue weighted by molar-refractivity contribution is -0.492. The van der Waals surface area contributed by atoms with E-state index in [4.69, 9.17) is 0 Å². The zero-order valence-electron chi connectivity index (χ0n) is 6.22. The van der Waals surface area contributed by atoms with Gasteiger partial charge in [-0.2, -0.15) is 0 Å². The average molecular weight is 124 g/mol. The highest BCUT2D eigenvalue weighted by Gasteiger charge is 2.03. The maximum Gasteiger partial charge on any atom is 0.166 e. The lowest BCUT2D eigenvalue weighted by Gasteiger charge is -2.02. The first kappa shape index (κ1) is 6.53. The van der Waals surface area contributed by atoms with Gasteiger partial charge in [-0.25, -0.2) is 4.58 Å². The van der Waals surface area contributed by atoms with Crippen LogP contribution >= 0.6 is 0 Å².